The number of amides is 1. The van der Waals surface area contributed by atoms with Gasteiger partial charge >= 0.3 is 0 Å². The fraction of sp³-hybridized carbons (Fsp3) is 0.348. The fourth-order valence-corrected chi connectivity index (χ4v) is 3.26. The molecule has 0 radical (unpaired) electrons. The molecule has 2 heterocycles. The summed E-state index contributed by atoms with van der Waals surface area (Å²) in [6.45, 7) is 8.01. The van der Waals surface area contributed by atoms with Crippen molar-refractivity contribution in [2.75, 3.05) is 26.4 Å². The number of nitrogens with two attached hydrogens (primary N) is 1. The first-order valence-electron chi connectivity index (χ1n) is 10.2. The molecule has 0 aliphatic heterocycles. The summed E-state index contributed by atoms with van der Waals surface area (Å²) in [6.07, 6.45) is 3.01. The van der Waals surface area contributed by atoms with Crippen LogP contribution in [-0.4, -0.2) is 52.1 Å². The van der Waals surface area contributed by atoms with Gasteiger partial charge in [-0.05, 0) is 27.7 Å². The maximum Gasteiger partial charge on any atom is 0.269 e. The van der Waals surface area contributed by atoms with Crippen LogP contribution in [0.5, 0.6) is 0 Å². The Kier molecular flexibility index (Phi) is 6.57. The highest BCUT2D eigenvalue weighted by molar-refractivity contribution is 6.43. The molecule has 0 atom stereocenters. The minimum absolute atomic E-state index is 0.275. The number of nitrogens with zero attached hydrogens (tertiary/aromatic N) is 5. The van der Waals surface area contributed by atoms with E-state index < -0.39 is 5.54 Å². The molecule has 1 aromatic carbocycles. The van der Waals surface area contributed by atoms with Gasteiger partial charge in [-0.25, -0.2) is 14.6 Å². The smallest absolute Gasteiger partial charge is 0.269 e. The Morgan fingerprint density at radius 1 is 1.28 bits per heavy atom. The first kappa shape index (κ1) is 22.9. The van der Waals surface area contributed by atoms with Gasteiger partial charge in [-0.15, -0.1) is 0 Å². The van der Waals surface area contributed by atoms with Crippen LogP contribution >= 0.6 is 0 Å². The molecule has 0 bridgehead atoms. The topological polar surface area (TPSA) is 120 Å². The molecule has 0 saturated heterocycles. The van der Waals surface area contributed by atoms with E-state index in [4.69, 9.17) is 15.6 Å². The second-order valence-electron chi connectivity index (χ2n) is 8.15. The summed E-state index contributed by atoms with van der Waals surface area (Å²) in [4.78, 5) is 25.3. The maximum absolute atomic E-state index is 12.7. The van der Waals surface area contributed by atoms with Gasteiger partial charge in [0, 0.05) is 25.2 Å². The number of ether oxygens (including phenoxy) is 1. The number of carbonyl (C=O) groups excluding carboxylic acids is 1. The Labute approximate surface area is 187 Å². The number of allylic oxidation sites excluding steroid dienone is 1. The lowest BCUT2D eigenvalue weighted by Crippen LogP contribution is -2.43. The number of anilines is 1. The van der Waals surface area contributed by atoms with Crippen molar-refractivity contribution in [2.45, 2.75) is 33.2 Å². The Bertz CT molecular complexity index is 1190. The lowest BCUT2D eigenvalue weighted by Gasteiger charge is -2.26. The molecule has 0 fully saturated rings. The molecule has 32 heavy (non-hydrogen) atoms. The summed E-state index contributed by atoms with van der Waals surface area (Å²) in [5.41, 5.74) is 9.24. The minimum atomic E-state index is -0.615. The summed E-state index contributed by atoms with van der Waals surface area (Å²) in [7, 11) is 3.11. The van der Waals surface area contributed by atoms with Crippen LogP contribution in [0.15, 0.2) is 47.4 Å². The number of carbonyl (C=O) groups is 1. The van der Waals surface area contributed by atoms with Crippen LogP contribution in [0.2, 0.25) is 0 Å². The monoisotopic (exact) mass is 435 g/mol. The number of aromatic nitrogens is 4. The van der Waals surface area contributed by atoms with E-state index in [1.54, 1.807) is 31.8 Å². The normalized spacial score (nSPS) is 12.8. The van der Waals surface area contributed by atoms with Gasteiger partial charge in [-0.3, -0.25) is 9.79 Å². The predicted molar refractivity (Wildman–Crippen MR) is 126 cm³/mol. The quantitative estimate of drug-likeness (QED) is 0.435. The van der Waals surface area contributed by atoms with Crippen LogP contribution < -0.4 is 11.1 Å². The summed E-state index contributed by atoms with van der Waals surface area (Å²) < 4.78 is 6.91. The Morgan fingerprint density at radius 3 is 2.59 bits per heavy atom. The number of hydrogen-bond donors (Lipinski definition) is 2. The first-order valence-corrected chi connectivity index (χ1v) is 10.2. The fourth-order valence-electron chi connectivity index (χ4n) is 3.26. The molecule has 0 unspecified atom stereocenters. The summed E-state index contributed by atoms with van der Waals surface area (Å²) in [5.74, 6) is 0.645. The van der Waals surface area contributed by atoms with E-state index in [9.17, 15) is 4.79 Å². The minimum Gasteiger partial charge on any atom is -0.501 e. The van der Waals surface area contributed by atoms with Crippen molar-refractivity contribution >= 4 is 28.5 Å². The zero-order valence-corrected chi connectivity index (χ0v) is 19.3. The van der Waals surface area contributed by atoms with Gasteiger partial charge in [-0.1, -0.05) is 29.8 Å². The van der Waals surface area contributed by atoms with Crippen LogP contribution in [0, 0.1) is 6.92 Å². The molecule has 168 valence electrons. The van der Waals surface area contributed by atoms with Crippen LogP contribution in [0.1, 0.15) is 26.3 Å². The Balaban J connectivity index is 1.97. The van der Waals surface area contributed by atoms with Crippen molar-refractivity contribution in [3.05, 3.63) is 48.0 Å². The first-order chi connectivity index (χ1) is 15.2. The van der Waals surface area contributed by atoms with Gasteiger partial charge < -0.3 is 15.8 Å². The Hall–Kier alpha value is -3.75. The number of hydrogen-bond acceptors (Lipinski definition) is 7. The second kappa shape index (κ2) is 9.17. The van der Waals surface area contributed by atoms with Crippen molar-refractivity contribution in [1.82, 2.24) is 25.1 Å². The third-order valence-electron chi connectivity index (χ3n) is 5.21. The molecule has 0 spiro atoms. The van der Waals surface area contributed by atoms with E-state index in [1.165, 1.54) is 6.33 Å². The highest BCUT2D eigenvalue weighted by atomic mass is 16.5. The van der Waals surface area contributed by atoms with E-state index in [1.807, 2.05) is 45.0 Å². The predicted octanol–water partition coefficient (Wildman–Crippen LogP) is 2.86. The van der Waals surface area contributed by atoms with Gasteiger partial charge in [0.05, 0.1) is 23.8 Å². The molecule has 3 aromatic rings. The zero-order chi connectivity index (χ0) is 23.5. The Morgan fingerprint density at radius 2 is 1.97 bits per heavy atom. The largest absolute Gasteiger partial charge is 0.501 e. The van der Waals surface area contributed by atoms with Gasteiger partial charge in [0.1, 0.15) is 23.6 Å². The highest BCUT2D eigenvalue weighted by Gasteiger charge is 2.28. The number of rotatable bonds is 7. The van der Waals surface area contributed by atoms with E-state index in [2.05, 4.69) is 20.3 Å². The number of benzene rings is 1. The summed E-state index contributed by atoms with van der Waals surface area (Å²) in [6, 6.07) is 8.04. The zero-order valence-electron chi connectivity index (χ0n) is 19.3. The molecule has 9 heteroatoms. The molecular formula is C23H29N7O2. The molecule has 3 N–H and O–H groups in total. The summed E-state index contributed by atoms with van der Waals surface area (Å²) >= 11 is 0. The average molecular weight is 436 g/mol. The molecule has 2 aromatic heterocycles. The molecular weight excluding hydrogens is 406 g/mol. The van der Waals surface area contributed by atoms with Crippen molar-refractivity contribution in [3.63, 3.8) is 0 Å². The van der Waals surface area contributed by atoms with Crippen molar-refractivity contribution in [2.24, 2.45) is 4.99 Å². The number of nitrogens with one attached hydrogen (secondary N) is 1. The van der Waals surface area contributed by atoms with Gasteiger partial charge in [0.25, 0.3) is 5.91 Å². The number of aliphatic imine (C=N–C) groups is 1. The second-order valence-corrected chi connectivity index (χ2v) is 8.15. The number of nitrogen functional groups attached to an aromatic ring is 1. The SMILES string of the molecule is C/N=C(\C=C(/C)OC)C(=O)NCC(C)(C)n1nc(-c2ccc(C)cc2)c2c(N)ncnc21. The van der Waals surface area contributed by atoms with E-state index in [0.29, 0.717) is 34.8 Å². The highest BCUT2D eigenvalue weighted by Crippen LogP contribution is 2.32. The van der Waals surface area contributed by atoms with Crippen LogP contribution in [0.25, 0.3) is 22.3 Å². The van der Waals surface area contributed by atoms with Crippen LogP contribution in [0.4, 0.5) is 5.82 Å². The van der Waals surface area contributed by atoms with Crippen molar-refractivity contribution in [3.8, 4) is 11.3 Å². The molecule has 0 aliphatic rings. The van der Waals surface area contributed by atoms with Gasteiger partial charge in [0.2, 0.25) is 0 Å². The third kappa shape index (κ3) is 4.61. The lowest BCUT2D eigenvalue weighted by molar-refractivity contribution is -0.115. The van der Waals surface area contributed by atoms with Crippen molar-refractivity contribution < 1.29 is 9.53 Å². The maximum atomic E-state index is 12.7. The molecule has 0 aliphatic carbocycles. The standard InChI is InChI=1S/C23H29N7O2/c1-14-7-9-16(10-8-14)19-18-20(24)27-13-28-21(18)30(29-19)23(3,4)12-26-22(31)17(25-5)11-15(2)32-6/h7-11,13H,12H2,1-6H3,(H,26,31)(H2,24,27,28)/b15-11+,25-17+. The average Bonchev–Trinajstić information content (AvgIpc) is 3.18. The van der Waals surface area contributed by atoms with Crippen LogP contribution in [0.3, 0.4) is 0 Å². The van der Waals surface area contributed by atoms with E-state index in [0.717, 1.165) is 11.1 Å². The molecule has 1 amide bonds. The van der Waals surface area contributed by atoms with Crippen LogP contribution in [-0.2, 0) is 15.1 Å². The summed E-state index contributed by atoms with van der Waals surface area (Å²) in [5, 5.41) is 8.46. The lowest BCUT2D eigenvalue weighted by atomic mass is 10.1. The molecule has 3 rings (SSSR count). The number of methoxy groups -OCH3 is 1. The molecule has 9 nitrogen and oxygen atoms in total. The van der Waals surface area contributed by atoms with E-state index >= 15 is 0 Å². The number of fused-ring (bicyclic) bond motifs is 1. The van der Waals surface area contributed by atoms with E-state index in [-0.39, 0.29) is 11.6 Å². The van der Waals surface area contributed by atoms with Crippen molar-refractivity contribution in [1.29, 1.82) is 0 Å². The third-order valence-corrected chi connectivity index (χ3v) is 5.21. The van der Waals surface area contributed by atoms with Gasteiger partial charge in [-0.2, -0.15) is 5.10 Å². The number of aryl methyl sites for hydroxylation is 1. The molecule has 0 saturated carbocycles. The van der Waals surface area contributed by atoms with Gasteiger partial charge in [0.15, 0.2) is 5.65 Å².